The van der Waals surface area contributed by atoms with Gasteiger partial charge < -0.3 is 10.6 Å². The van der Waals surface area contributed by atoms with Crippen molar-refractivity contribution in [2.24, 2.45) is 0 Å². The number of rotatable bonds is 5. The summed E-state index contributed by atoms with van der Waals surface area (Å²) < 4.78 is 0. The number of pyridine rings is 2. The minimum atomic E-state index is -0.358. The molecule has 2 amide bonds. The Morgan fingerprint density at radius 1 is 0.889 bits per heavy atom. The lowest BCUT2D eigenvalue weighted by Crippen LogP contribution is -2.25. The molecule has 0 spiro atoms. The van der Waals surface area contributed by atoms with E-state index in [1.165, 1.54) is 0 Å². The van der Waals surface area contributed by atoms with E-state index in [0.29, 0.717) is 12.2 Å². The first-order chi connectivity index (χ1) is 13.0. The van der Waals surface area contributed by atoms with Gasteiger partial charge in [0, 0.05) is 24.6 Å². The summed E-state index contributed by atoms with van der Waals surface area (Å²) in [5, 5.41) is 5.61. The van der Waals surface area contributed by atoms with Crippen LogP contribution in [0.5, 0.6) is 0 Å². The van der Waals surface area contributed by atoms with E-state index in [1.807, 2.05) is 44.2 Å². The van der Waals surface area contributed by atoms with Gasteiger partial charge in [-0.05, 0) is 66.9 Å². The van der Waals surface area contributed by atoms with Gasteiger partial charge in [0.2, 0.25) is 0 Å². The fourth-order valence-corrected chi connectivity index (χ4v) is 2.70. The maximum atomic E-state index is 12.5. The molecule has 2 heterocycles. The Morgan fingerprint density at radius 3 is 2.19 bits per heavy atom. The summed E-state index contributed by atoms with van der Waals surface area (Å²) in [7, 11) is 0. The summed E-state index contributed by atoms with van der Waals surface area (Å²) in [4.78, 5) is 32.9. The van der Waals surface area contributed by atoms with Crippen LogP contribution in [0.3, 0.4) is 0 Å². The van der Waals surface area contributed by atoms with Gasteiger partial charge in [0.15, 0.2) is 0 Å². The Bertz CT molecular complexity index is 951. The number of amides is 2. The average molecular weight is 360 g/mol. The first-order valence-corrected chi connectivity index (χ1v) is 8.55. The Labute approximate surface area is 157 Å². The molecule has 6 heteroatoms. The Balaban J connectivity index is 1.68. The molecule has 3 aromatic rings. The van der Waals surface area contributed by atoms with Crippen LogP contribution in [0.15, 0.2) is 60.9 Å². The van der Waals surface area contributed by atoms with E-state index < -0.39 is 0 Å². The number of carbonyl (C=O) groups is 2. The van der Waals surface area contributed by atoms with Crippen molar-refractivity contribution in [1.82, 2.24) is 15.3 Å². The lowest BCUT2D eigenvalue weighted by Gasteiger charge is -2.09. The Hall–Kier alpha value is -3.54. The quantitative estimate of drug-likeness (QED) is 0.731. The lowest BCUT2D eigenvalue weighted by molar-refractivity contribution is 0.0945. The van der Waals surface area contributed by atoms with Crippen molar-refractivity contribution in [2.45, 2.75) is 20.4 Å². The molecule has 0 fully saturated rings. The summed E-state index contributed by atoms with van der Waals surface area (Å²) in [6.45, 7) is 4.30. The monoisotopic (exact) mass is 360 g/mol. The molecule has 6 nitrogen and oxygen atoms in total. The number of hydrogen-bond donors (Lipinski definition) is 2. The van der Waals surface area contributed by atoms with Crippen molar-refractivity contribution >= 4 is 17.5 Å². The fraction of sp³-hybridized carbons (Fsp3) is 0.143. The van der Waals surface area contributed by atoms with Crippen LogP contribution in [0.25, 0.3) is 0 Å². The van der Waals surface area contributed by atoms with Crippen molar-refractivity contribution in [1.29, 1.82) is 0 Å². The summed E-state index contributed by atoms with van der Waals surface area (Å²) in [6.07, 6.45) is 3.33. The number of aromatic nitrogens is 2. The van der Waals surface area contributed by atoms with Gasteiger partial charge in [0.1, 0.15) is 11.4 Å². The minimum absolute atomic E-state index is 0.186. The zero-order valence-corrected chi connectivity index (χ0v) is 15.2. The second kappa shape index (κ2) is 8.23. The van der Waals surface area contributed by atoms with Crippen LogP contribution in [0.4, 0.5) is 5.69 Å². The van der Waals surface area contributed by atoms with Crippen LogP contribution in [0, 0.1) is 13.8 Å². The van der Waals surface area contributed by atoms with E-state index in [2.05, 4.69) is 20.6 Å². The van der Waals surface area contributed by atoms with Crippen molar-refractivity contribution in [3.8, 4) is 0 Å². The summed E-state index contributed by atoms with van der Waals surface area (Å²) in [5.74, 6) is -0.698. The molecule has 3 rings (SSSR count). The summed E-state index contributed by atoms with van der Waals surface area (Å²) in [6, 6.07) is 14.2. The molecule has 136 valence electrons. The van der Waals surface area contributed by atoms with Gasteiger partial charge in [-0.1, -0.05) is 12.1 Å². The zero-order chi connectivity index (χ0) is 19.2. The molecule has 0 radical (unpaired) electrons. The molecule has 0 saturated heterocycles. The molecule has 1 aromatic carbocycles. The van der Waals surface area contributed by atoms with Gasteiger partial charge >= 0.3 is 0 Å². The van der Waals surface area contributed by atoms with Crippen LogP contribution < -0.4 is 10.6 Å². The first kappa shape index (κ1) is 18.3. The summed E-state index contributed by atoms with van der Waals surface area (Å²) in [5.41, 5.74) is 4.13. The van der Waals surface area contributed by atoms with Gasteiger partial charge in [-0.2, -0.15) is 0 Å². The molecule has 0 aliphatic carbocycles. The van der Waals surface area contributed by atoms with Crippen molar-refractivity contribution in [3.63, 3.8) is 0 Å². The predicted octanol–water partition coefficient (Wildman–Crippen LogP) is 3.28. The highest BCUT2D eigenvalue weighted by molar-refractivity contribution is 6.03. The largest absolute Gasteiger partial charge is 0.347 e. The number of anilines is 1. The van der Waals surface area contributed by atoms with Crippen LogP contribution in [-0.4, -0.2) is 21.8 Å². The SMILES string of the molecule is Cc1cc(C)cc(NC(=O)c2cccc(C(=O)NCc3ccncc3)n2)c1. The average Bonchev–Trinajstić information content (AvgIpc) is 2.66. The number of nitrogens with zero attached hydrogens (tertiary/aromatic N) is 2. The fourth-order valence-electron chi connectivity index (χ4n) is 2.70. The maximum Gasteiger partial charge on any atom is 0.274 e. The molecule has 2 aromatic heterocycles. The third kappa shape index (κ3) is 4.98. The molecule has 0 atom stereocenters. The topological polar surface area (TPSA) is 84.0 Å². The molecule has 0 unspecified atom stereocenters. The van der Waals surface area contributed by atoms with Crippen molar-refractivity contribution < 1.29 is 9.59 Å². The number of hydrogen-bond acceptors (Lipinski definition) is 4. The van der Waals surface area contributed by atoms with Crippen LogP contribution in [0.1, 0.15) is 37.7 Å². The maximum absolute atomic E-state index is 12.5. The molecule has 0 saturated carbocycles. The van der Waals surface area contributed by atoms with E-state index in [9.17, 15) is 9.59 Å². The van der Waals surface area contributed by atoms with Crippen molar-refractivity contribution in [3.05, 3.63) is 89.0 Å². The van der Waals surface area contributed by atoms with Gasteiger partial charge in [0.25, 0.3) is 11.8 Å². The molecule has 0 aliphatic rings. The molecule has 27 heavy (non-hydrogen) atoms. The lowest BCUT2D eigenvalue weighted by atomic mass is 10.1. The zero-order valence-electron chi connectivity index (χ0n) is 15.2. The number of aryl methyl sites for hydroxylation is 2. The van der Waals surface area contributed by atoms with E-state index >= 15 is 0 Å². The van der Waals surface area contributed by atoms with E-state index in [-0.39, 0.29) is 23.2 Å². The molecular weight excluding hydrogens is 340 g/mol. The Kier molecular flexibility index (Phi) is 5.56. The predicted molar refractivity (Wildman–Crippen MR) is 104 cm³/mol. The van der Waals surface area contributed by atoms with E-state index in [0.717, 1.165) is 16.7 Å². The molecular formula is C21H20N4O2. The highest BCUT2D eigenvalue weighted by Gasteiger charge is 2.13. The second-order valence-corrected chi connectivity index (χ2v) is 6.28. The van der Waals surface area contributed by atoms with Crippen LogP contribution in [0.2, 0.25) is 0 Å². The van der Waals surface area contributed by atoms with Gasteiger partial charge in [0.05, 0.1) is 0 Å². The van der Waals surface area contributed by atoms with Gasteiger partial charge in [-0.25, -0.2) is 4.98 Å². The summed E-state index contributed by atoms with van der Waals surface area (Å²) >= 11 is 0. The molecule has 0 bridgehead atoms. The molecule has 2 N–H and O–H groups in total. The first-order valence-electron chi connectivity index (χ1n) is 8.55. The number of carbonyl (C=O) groups excluding carboxylic acids is 2. The van der Waals surface area contributed by atoms with E-state index in [1.54, 1.807) is 30.6 Å². The van der Waals surface area contributed by atoms with Crippen molar-refractivity contribution in [2.75, 3.05) is 5.32 Å². The van der Waals surface area contributed by atoms with Crippen LogP contribution in [-0.2, 0) is 6.54 Å². The highest BCUT2D eigenvalue weighted by atomic mass is 16.2. The smallest absolute Gasteiger partial charge is 0.274 e. The van der Waals surface area contributed by atoms with Gasteiger partial charge in [-0.3, -0.25) is 14.6 Å². The van der Waals surface area contributed by atoms with Gasteiger partial charge in [-0.15, -0.1) is 0 Å². The molecule has 0 aliphatic heterocycles. The standard InChI is InChI=1S/C21H20N4O2/c1-14-10-15(2)12-17(11-14)24-21(27)19-5-3-4-18(25-19)20(26)23-13-16-6-8-22-9-7-16/h3-12H,13H2,1-2H3,(H,23,26)(H,24,27). The normalized spacial score (nSPS) is 10.3. The third-order valence-corrected chi connectivity index (χ3v) is 3.90. The van der Waals surface area contributed by atoms with Crippen LogP contribution >= 0.6 is 0 Å². The number of nitrogens with one attached hydrogen (secondary N) is 2. The third-order valence-electron chi connectivity index (χ3n) is 3.90. The minimum Gasteiger partial charge on any atom is -0.347 e. The second-order valence-electron chi connectivity index (χ2n) is 6.28. The van der Waals surface area contributed by atoms with E-state index in [4.69, 9.17) is 0 Å². The Morgan fingerprint density at radius 2 is 1.52 bits per heavy atom. The number of benzene rings is 1. The highest BCUT2D eigenvalue weighted by Crippen LogP contribution is 2.14.